The van der Waals surface area contributed by atoms with E-state index in [-0.39, 0.29) is 5.56 Å². The van der Waals surface area contributed by atoms with Crippen molar-refractivity contribution in [2.24, 2.45) is 0 Å². The highest BCUT2D eigenvalue weighted by atomic mass is 79.9. The summed E-state index contributed by atoms with van der Waals surface area (Å²) in [6, 6.07) is 7.06. The van der Waals surface area contributed by atoms with Crippen molar-refractivity contribution in [2.45, 2.75) is 0 Å². The third-order valence-corrected chi connectivity index (χ3v) is 5.03. The molecule has 19 heavy (non-hydrogen) atoms. The molecule has 96 valence electrons. The number of H-pyrrole nitrogens is 1. The summed E-state index contributed by atoms with van der Waals surface area (Å²) in [5.41, 5.74) is 0.505. The molecule has 0 saturated heterocycles. The average Bonchev–Trinajstić information content (AvgIpc) is 2.82. The highest BCUT2D eigenvalue weighted by Gasteiger charge is 2.09. The minimum absolute atomic E-state index is 0.140. The summed E-state index contributed by atoms with van der Waals surface area (Å²) < 4.78 is 2.58. The summed E-state index contributed by atoms with van der Waals surface area (Å²) in [6.45, 7) is 0. The molecule has 0 aliphatic carbocycles. The molecule has 7 heteroatoms. The third kappa shape index (κ3) is 2.18. The first kappa shape index (κ1) is 13.1. The summed E-state index contributed by atoms with van der Waals surface area (Å²) >= 11 is 16.1. The lowest BCUT2D eigenvalue weighted by atomic mass is 10.3. The van der Waals surface area contributed by atoms with Crippen molar-refractivity contribution in [3.8, 4) is 5.69 Å². The second kappa shape index (κ2) is 4.86. The van der Waals surface area contributed by atoms with E-state index in [9.17, 15) is 4.79 Å². The van der Waals surface area contributed by atoms with Crippen molar-refractivity contribution in [1.82, 2.24) is 9.55 Å². The third-order valence-electron chi connectivity index (χ3n) is 2.68. The van der Waals surface area contributed by atoms with Crippen LogP contribution in [0, 0.1) is 4.77 Å². The van der Waals surface area contributed by atoms with Crippen LogP contribution in [0.4, 0.5) is 0 Å². The van der Waals surface area contributed by atoms with Gasteiger partial charge >= 0.3 is 0 Å². The maximum atomic E-state index is 12.4. The van der Waals surface area contributed by atoms with Crippen LogP contribution in [-0.4, -0.2) is 9.55 Å². The Hall–Kier alpha value is -0.950. The van der Waals surface area contributed by atoms with Crippen molar-refractivity contribution in [3.63, 3.8) is 0 Å². The highest BCUT2D eigenvalue weighted by Crippen LogP contribution is 2.25. The Bertz CT molecular complexity index is 897. The normalized spacial score (nSPS) is 11.1. The van der Waals surface area contributed by atoms with E-state index in [1.807, 2.05) is 5.38 Å². The fraction of sp³-hybridized carbons (Fsp3) is 0. The van der Waals surface area contributed by atoms with Crippen molar-refractivity contribution < 1.29 is 0 Å². The van der Waals surface area contributed by atoms with E-state index in [2.05, 4.69) is 20.9 Å². The molecular formula is C12H6BrClN2OS2. The molecule has 0 fully saturated rings. The Morgan fingerprint density at radius 1 is 1.37 bits per heavy atom. The molecule has 0 amide bonds. The molecule has 3 aromatic rings. The summed E-state index contributed by atoms with van der Waals surface area (Å²) in [7, 11) is 0. The second-order valence-corrected chi connectivity index (χ2v) is 6.40. The number of nitrogens with zero attached hydrogens (tertiary/aromatic N) is 1. The van der Waals surface area contributed by atoms with Gasteiger partial charge in [-0.3, -0.25) is 9.36 Å². The van der Waals surface area contributed by atoms with E-state index in [0.717, 1.165) is 9.30 Å². The number of fused-ring (bicyclic) bond motifs is 1. The molecule has 0 aliphatic heterocycles. The molecule has 1 N–H and O–H groups in total. The van der Waals surface area contributed by atoms with Gasteiger partial charge in [0.2, 0.25) is 0 Å². The minimum atomic E-state index is -0.140. The zero-order valence-corrected chi connectivity index (χ0v) is 13.3. The Labute approximate surface area is 130 Å². The lowest BCUT2D eigenvalue weighted by molar-refractivity contribution is 0.943. The first-order valence-corrected chi connectivity index (χ1v) is 7.72. The largest absolute Gasteiger partial charge is 0.323 e. The van der Waals surface area contributed by atoms with Crippen LogP contribution in [0.3, 0.4) is 0 Å². The number of hydrogen-bond acceptors (Lipinski definition) is 3. The van der Waals surface area contributed by atoms with Crippen molar-refractivity contribution in [2.75, 3.05) is 0 Å². The van der Waals surface area contributed by atoms with Gasteiger partial charge in [0.15, 0.2) is 4.77 Å². The minimum Gasteiger partial charge on any atom is -0.323 e. The Morgan fingerprint density at radius 3 is 2.89 bits per heavy atom. The maximum Gasteiger partial charge on any atom is 0.267 e. The van der Waals surface area contributed by atoms with E-state index in [1.165, 1.54) is 15.9 Å². The van der Waals surface area contributed by atoms with Gasteiger partial charge in [0.05, 0.1) is 16.1 Å². The van der Waals surface area contributed by atoms with Crippen LogP contribution >= 0.6 is 51.1 Å². The smallest absolute Gasteiger partial charge is 0.267 e. The van der Waals surface area contributed by atoms with Crippen LogP contribution in [0.1, 0.15) is 0 Å². The van der Waals surface area contributed by atoms with Gasteiger partial charge in [-0.15, -0.1) is 11.3 Å². The molecule has 0 bridgehead atoms. The number of hydrogen-bond donors (Lipinski definition) is 1. The zero-order valence-electron chi connectivity index (χ0n) is 9.31. The topological polar surface area (TPSA) is 37.8 Å². The molecule has 1 aromatic carbocycles. The Balaban J connectivity index is 2.38. The van der Waals surface area contributed by atoms with E-state index < -0.39 is 0 Å². The van der Waals surface area contributed by atoms with Crippen LogP contribution in [-0.2, 0) is 0 Å². The van der Waals surface area contributed by atoms with Crippen molar-refractivity contribution in [3.05, 3.63) is 54.3 Å². The van der Waals surface area contributed by atoms with Crippen LogP contribution in [0.15, 0.2) is 38.9 Å². The fourth-order valence-corrected chi connectivity index (χ4v) is 3.35. The molecule has 2 heterocycles. The fourth-order valence-electron chi connectivity index (χ4n) is 1.80. The quantitative estimate of drug-likeness (QED) is 0.637. The zero-order chi connectivity index (χ0) is 13.6. The standard InChI is InChI=1S/C12H6BrClN2OS2/c13-8-2-1-6(5-9(8)14)16-11(17)7-3-4-19-10(7)15-12(16)18/h1-5H,(H,15,18). The molecule has 0 aliphatic rings. The molecule has 0 unspecified atom stereocenters. The molecule has 2 aromatic heterocycles. The molecular weight excluding hydrogens is 368 g/mol. The number of aromatic amines is 1. The predicted octanol–water partition coefficient (Wildman–Crippen LogP) is 4.53. The van der Waals surface area contributed by atoms with Gasteiger partial charge in [0, 0.05) is 4.47 Å². The number of benzene rings is 1. The van der Waals surface area contributed by atoms with Crippen LogP contribution in [0.5, 0.6) is 0 Å². The van der Waals surface area contributed by atoms with E-state index in [4.69, 9.17) is 23.8 Å². The predicted molar refractivity (Wildman–Crippen MR) is 85.3 cm³/mol. The summed E-state index contributed by atoms with van der Waals surface area (Å²) in [4.78, 5) is 16.3. The Kier molecular flexibility index (Phi) is 3.34. The lowest BCUT2D eigenvalue weighted by Crippen LogP contribution is -2.19. The van der Waals surface area contributed by atoms with Crippen LogP contribution < -0.4 is 5.56 Å². The number of nitrogens with one attached hydrogen (secondary N) is 1. The first-order valence-electron chi connectivity index (χ1n) is 5.26. The first-order chi connectivity index (χ1) is 9.08. The average molecular weight is 374 g/mol. The van der Waals surface area contributed by atoms with Gasteiger partial charge in [-0.05, 0) is 57.8 Å². The number of thiophene rings is 1. The van der Waals surface area contributed by atoms with Gasteiger partial charge < -0.3 is 4.98 Å². The van der Waals surface area contributed by atoms with Gasteiger partial charge in [0.1, 0.15) is 4.83 Å². The van der Waals surface area contributed by atoms with Crippen molar-refractivity contribution in [1.29, 1.82) is 0 Å². The maximum absolute atomic E-state index is 12.4. The number of aromatic nitrogens is 2. The Morgan fingerprint density at radius 2 is 2.16 bits per heavy atom. The monoisotopic (exact) mass is 372 g/mol. The van der Waals surface area contributed by atoms with E-state index >= 15 is 0 Å². The number of rotatable bonds is 1. The number of halogens is 2. The van der Waals surface area contributed by atoms with Gasteiger partial charge in [-0.1, -0.05) is 11.6 Å². The lowest BCUT2D eigenvalue weighted by Gasteiger charge is -2.07. The summed E-state index contributed by atoms with van der Waals surface area (Å²) in [6.07, 6.45) is 0. The van der Waals surface area contributed by atoms with Gasteiger partial charge in [0.25, 0.3) is 5.56 Å². The second-order valence-electron chi connectivity index (χ2n) is 3.83. The molecule has 3 nitrogen and oxygen atoms in total. The highest BCUT2D eigenvalue weighted by molar-refractivity contribution is 9.10. The van der Waals surface area contributed by atoms with Gasteiger partial charge in [-0.25, -0.2) is 0 Å². The molecule has 0 atom stereocenters. The van der Waals surface area contributed by atoms with E-state index in [0.29, 0.717) is 20.9 Å². The van der Waals surface area contributed by atoms with Crippen LogP contribution in [0.25, 0.3) is 15.9 Å². The molecule has 3 rings (SSSR count). The summed E-state index contributed by atoms with van der Waals surface area (Å²) in [5, 5.41) is 3.01. The van der Waals surface area contributed by atoms with Crippen LogP contribution in [0.2, 0.25) is 5.02 Å². The van der Waals surface area contributed by atoms with E-state index in [1.54, 1.807) is 24.3 Å². The molecule has 0 radical (unpaired) electrons. The molecule has 0 spiro atoms. The molecule has 0 saturated carbocycles. The van der Waals surface area contributed by atoms with Gasteiger partial charge in [-0.2, -0.15) is 0 Å². The summed E-state index contributed by atoms with van der Waals surface area (Å²) in [5.74, 6) is 0. The van der Waals surface area contributed by atoms with Crippen molar-refractivity contribution >= 4 is 61.3 Å². The SMILES string of the molecule is O=c1c2ccsc2[nH]c(=S)n1-c1ccc(Br)c(Cl)c1.